The molecule has 17 heteroatoms. The number of aromatic nitrogens is 4. The van der Waals surface area contributed by atoms with Gasteiger partial charge in [-0.25, -0.2) is 17.8 Å². The molecule has 14 nitrogen and oxygen atoms in total. The number of carbonyl (C=O) groups is 2. The number of benzene rings is 2. The monoisotopic (exact) mass is 735 g/mol. The number of ether oxygens (including phenoxy) is 1. The van der Waals surface area contributed by atoms with E-state index in [2.05, 4.69) is 39.4 Å². The van der Waals surface area contributed by atoms with Crippen LogP contribution in [0.3, 0.4) is 0 Å². The molecule has 0 radical (unpaired) electrons. The van der Waals surface area contributed by atoms with Gasteiger partial charge in [0.2, 0.25) is 4.80 Å². The summed E-state index contributed by atoms with van der Waals surface area (Å²) in [4.78, 5) is 48.5. The number of H-pyrrole nitrogens is 1. The average molecular weight is 736 g/mol. The summed E-state index contributed by atoms with van der Waals surface area (Å²) in [5.41, 5.74) is 1.80. The highest BCUT2D eigenvalue weighted by Crippen LogP contribution is 2.37. The van der Waals surface area contributed by atoms with Crippen LogP contribution in [0.5, 0.6) is 5.75 Å². The maximum absolute atomic E-state index is 14.5. The van der Waals surface area contributed by atoms with Crippen LogP contribution in [0.4, 0.5) is 15.8 Å². The third kappa shape index (κ3) is 6.88. The van der Waals surface area contributed by atoms with Crippen molar-refractivity contribution in [3.63, 3.8) is 0 Å². The number of aromatic amines is 1. The van der Waals surface area contributed by atoms with Crippen LogP contribution < -0.4 is 20.0 Å². The minimum Gasteiger partial charge on any atom is -0.481 e. The normalized spacial score (nSPS) is 16.3. The second-order valence-corrected chi connectivity index (χ2v) is 15.8. The summed E-state index contributed by atoms with van der Waals surface area (Å²) in [6.07, 6.45) is 9.11. The van der Waals surface area contributed by atoms with Gasteiger partial charge in [0.05, 0.1) is 22.8 Å². The van der Waals surface area contributed by atoms with Crippen LogP contribution in [-0.2, 0) is 39.5 Å². The second kappa shape index (κ2) is 13.4. The SMILES string of the molecule is C#CCN1C(=O)COc2cc(F)c(N=c3snc4n3CC(C)(C)C4)cc21.Cc1c(C(=O)c2c[nH]n(C)c2=O)ccc(S(C)(=O)=O)c1C1=NOCC1. The molecular weight excluding hydrogens is 702 g/mol. The Balaban J connectivity index is 0.000000176. The number of ketones is 1. The summed E-state index contributed by atoms with van der Waals surface area (Å²) < 4.78 is 51.8. The molecule has 1 N–H and O–H groups in total. The number of aryl methyl sites for hydroxylation is 1. The number of fused-ring (bicyclic) bond motifs is 2. The van der Waals surface area contributed by atoms with Gasteiger partial charge in [-0.05, 0) is 36.1 Å². The van der Waals surface area contributed by atoms with Crippen LogP contribution in [0, 0.1) is 30.5 Å². The fourth-order valence-electron chi connectivity index (χ4n) is 6.10. The van der Waals surface area contributed by atoms with Crippen molar-refractivity contribution >= 4 is 50.1 Å². The quantitative estimate of drug-likeness (QED) is 0.233. The highest BCUT2D eigenvalue weighted by molar-refractivity contribution is 7.90. The van der Waals surface area contributed by atoms with E-state index in [0.29, 0.717) is 46.1 Å². The minimum atomic E-state index is -3.52. The second-order valence-electron chi connectivity index (χ2n) is 13.0. The lowest BCUT2D eigenvalue weighted by atomic mass is 9.92. The van der Waals surface area contributed by atoms with Crippen molar-refractivity contribution in [1.29, 1.82) is 0 Å². The van der Waals surface area contributed by atoms with Crippen molar-refractivity contribution < 1.29 is 32.0 Å². The molecule has 2 aromatic carbocycles. The van der Waals surface area contributed by atoms with E-state index in [1.54, 1.807) is 6.92 Å². The number of hydrogen-bond donors (Lipinski definition) is 1. The molecule has 266 valence electrons. The lowest BCUT2D eigenvalue weighted by Crippen LogP contribution is -2.39. The zero-order valence-electron chi connectivity index (χ0n) is 28.4. The van der Waals surface area contributed by atoms with Crippen LogP contribution in [0.15, 0.2) is 50.3 Å². The average Bonchev–Trinajstić information content (AvgIpc) is 3.85. The first kappa shape index (κ1) is 35.5. The third-order valence-electron chi connectivity index (χ3n) is 8.58. The van der Waals surface area contributed by atoms with Crippen molar-refractivity contribution in [2.24, 2.45) is 22.6 Å². The van der Waals surface area contributed by atoms with Gasteiger partial charge in [0, 0.05) is 67.6 Å². The summed E-state index contributed by atoms with van der Waals surface area (Å²) in [6, 6.07) is 5.56. The van der Waals surface area contributed by atoms with Crippen molar-refractivity contribution in [2.45, 2.75) is 45.1 Å². The van der Waals surface area contributed by atoms with Gasteiger partial charge in [0.25, 0.3) is 11.5 Å². The highest BCUT2D eigenvalue weighted by Gasteiger charge is 2.32. The zero-order valence-corrected chi connectivity index (χ0v) is 30.1. The highest BCUT2D eigenvalue weighted by atomic mass is 32.2. The predicted octanol–water partition coefficient (Wildman–Crippen LogP) is 3.04. The molecule has 7 rings (SSSR count). The van der Waals surface area contributed by atoms with Crippen LogP contribution in [-0.4, -0.2) is 70.6 Å². The molecule has 1 amide bonds. The summed E-state index contributed by atoms with van der Waals surface area (Å²) in [5, 5.41) is 6.56. The number of hydrogen-bond acceptors (Lipinski definition) is 11. The molecule has 2 aromatic heterocycles. The van der Waals surface area contributed by atoms with Crippen LogP contribution in [0.2, 0.25) is 0 Å². The fourth-order valence-corrected chi connectivity index (χ4v) is 7.81. The van der Waals surface area contributed by atoms with Crippen molar-refractivity contribution in [2.75, 3.05) is 30.9 Å². The van der Waals surface area contributed by atoms with E-state index in [-0.39, 0.29) is 46.2 Å². The van der Waals surface area contributed by atoms with Gasteiger partial charge in [-0.15, -0.1) is 6.42 Å². The smallest absolute Gasteiger partial charge is 0.277 e. The van der Waals surface area contributed by atoms with Gasteiger partial charge in [0.15, 0.2) is 28.0 Å². The number of sulfone groups is 1. The largest absolute Gasteiger partial charge is 0.481 e. The summed E-state index contributed by atoms with van der Waals surface area (Å²) in [7, 11) is -2.02. The molecule has 3 aliphatic heterocycles. The number of halogens is 1. The van der Waals surface area contributed by atoms with Crippen LogP contribution in [0.25, 0.3) is 0 Å². The number of oxime groups is 1. The third-order valence-corrected chi connectivity index (χ3v) is 10.5. The summed E-state index contributed by atoms with van der Waals surface area (Å²) >= 11 is 1.24. The standard InChI is InChI=1S/C18H17FN4O2S.C16H17N3O5S/c1-4-5-22-13-7-12(11(19)6-14(13)25-9-16(22)24)20-17-23-10-18(2,3)8-15(23)21-26-17;1-9-10(15(20)11-8-17-19(2)16(11)21)4-5-13(25(3,22)23)14(9)12-6-7-24-18-12/h1,6-7H,5,8-10H2,2-3H3;4-5,8,17H,6-7H2,1-3H3. The fraction of sp³-hybridized carbons (Fsp3) is 0.353. The molecule has 0 bridgehead atoms. The van der Waals surface area contributed by atoms with Crippen molar-refractivity contribution in [3.8, 4) is 18.1 Å². The molecule has 0 saturated carbocycles. The molecule has 4 aromatic rings. The van der Waals surface area contributed by atoms with Gasteiger partial charge in [-0.2, -0.15) is 4.37 Å². The van der Waals surface area contributed by atoms with Crippen molar-refractivity contribution in [1.82, 2.24) is 18.7 Å². The topological polar surface area (TPSA) is 170 Å². The molecule has 0 atom stereocenters. The van der Waals surface area contributed by atoms with E-state index in [1.807, 2.05) is 4.57 Å². The maximum atomic E-state index is 14.5. The predicted molar refractivity (Wildman–Crippen MR) is 187 cm³/mol. The van der Waals surface area contributed by atoms with E-state index in [1.165, 1.54) is 58.6 Å². The Morgan fingerprint density at radius 3 is 2.65 bits per heavy atom. The van der Waals surface area contributed by atoms with E-state index >= 15 is 0 Å². The van der Waals surface area contributed by atoms with E-state index < -0.39 is 27.0 Å². The molecule has 0 saturated heterocycles. The molecule has 3 aliphatic rings. The lowest BCUT2D eigenvalue weighted by Gasteiger charge is -2.28. The van der Waals surface area contributed by atoms with Gasteiger partial charge in [0.1, 0.15) is 29.4 Å². The van der Waals surface area contributed by atoms with Crippen molar-refractivity contribution in [3.05, 3.63) is 79.5 Å². The molecule has 0 spiro atoms. The Kier molecular flexibility index (Phi) is 9.33. The number of terminal acetylenes is 1. The van der Waals surface area contributed by atoms with E-state index in [0.717, 1.165) is 25.0 Å². The van der Waals surface area contributed by atoms with Gasteiger partial charge in [-0.3, -0.25) is 24.0 Å². The first-order valence-corrected chi connectivity index (χ1v) is 18.4. The number of carbonyl (C=O) groups excluding carboxylic acids is 2. The Hall–Kier alpha value is -5.34. The molecular formula is C34H34FN7O7S2. The Morgan fingerprint density at radius 2 is 2.00 bits per heavy atom. The number of nitrogens with zero attached hydrogens (tertiary/aromatic N) is 6. The Labute approximate surface area is 296 Å². The number of nitrogens with one attached hydrogen (secondary N) is 1. The zero-order chi connectivity index (χ0) is 36.8. The van der Waals surface area contributed by atoms with E-state index in [4.69, 9.17) is 16.0 Å². The summed E-state index contributed by atoms with van der Waals surface area (Å²) in [6.45, 7) is 7.06. The van der Waals surface area contributed by atoms with Gasteiger partial charge in [-0.1, -0.05) is 24.9 Å². The number of anilines is 1. The minimum absolute atomic E-state index is 0.00623. The Morgan fingerprint density at radius 1 is 1.24 bits per heavy atom. The molecule has 0 unspecified atom stereocenters. The summed E-state index contributed by atoms with van der Waals surface area (Å²) in [5.74, 6) is 2.45. The van der Waals surface area contributed by atoms with Gasteiger partial charge < -0.3 is 19.2 Å². The first-order valence-electron chi connectivity index (χ1n) is 15.7. The number of rotatable bonds is 6. The molecule has 5 heterocycles. The van der Waals surface area contributed by atoms with E-state index in [9.17, 15) is 27.2 Å². The molecule has 0 aliphatic carbocycles. The lowest BCUT2D eigenvalue weighted by molar-refractivity contribution is -0.121. The molecule has 51 heavy (non-hydrogen) atoms. The first-order chi connectivity index (χ1) is 24.1. The Bertz CT molecular complexity index is 2410. The maximum Gasteiger partial charge on any atom is 0.277 e. The number of amides is 1. The van der Waals surface area contributed by atoms with Gasteiger partial charge >= 0.3 is 0 Å². The van der Waals surface area contributed by atoms with Crippen LogP contribution >= 0.6 is 11.5 Å². The van der Waals surface area contributed by atoms with Crippen LogP contribution in [0.1, 0.15) is 53.1 Å². The molecule has 0 fully saturated rings.